The Hall–Kier alpha value is -1.86. The van der Waals surface area contributed by atoms with Crippen molar-refractivity contribution in [3.63, 3.8) is 0 Å². The summed E-state index contributed by atoms with van der Waals surface area (Å²) in [5.74, 6) is -0.198. The number of aliphatic hydroxyl groups excluding tert-OH is 2. The van der Waals surface area contributed by atoms with Gasteiger partial charge in [0.1, 0.15) is 11.6 Å². The average Bonchev–Trinajstić information content (AvgIpc) is 2.36. The van der Waals surface area contributed by atoms with Gasteiger partial charge in [0.15, 0.2) is 0 Å². The van der Waals surface area contributed by atoms with Gasteiger partial charge in [0.25, 0.3) is 0 Å². The SMILES string of the molecule is COc1ccc(F)cc1NC(=O)NC[C@H](O)CO. The van der Waals surface area contributed by atoms with Crippen LogP contribution in [0.15, 0.2) is 18.2 Å². The van der Waals surface area contributed by atoms with Crippen LogP contribution in [0.4, 0.5) is 14.9 Å². The number of carbonyl (C=O) groups is 1. The van der Waals surface area contributed by atoms with Crippen molar-refractivity contribution < 1.29 is 24.1 Å². The first-order chi connectivity index (χ1) is 8.56. The van der Waals surface area contributed by atoms with Crippen molar-refractivity contribution in [2.75, 3.05) is 25.6 Å². The predicted octanol–water partition coefficient (Wildman–Crippen LogP) is 0.309. The summed E-state index contributed by atoms with van der Waals surface area (Å²) < 4.78 is 18.0. The highest BCUT2D eigenvalue weighted by molar-refractivity contribution is 5.90. The van der Waals surface area contributed by atoms with Crippen molar-refractivity contribution in [1.29, 1.82) is 0 Å². The van der Waals surface area contributed by atoms with Crippen LogP contribution in [0.3, 0.4) is 0 Å². The molecule has 0 aliphatic carbocycles. The Labute approximate surface area is 103 Å². The van der Waals surface area contributed by atoms with Gasteiger partial charge in [0.05, 0.1) is 25.5 Å². The van der Waals surface area contributed by atoms with Gasteiger partial charge in [-0.05, 0) is 12.1 Å². The molecule has 0 unspecified atom stereocenters. The number of hydrogen-bond acceptors (Lipinski definition) is 4. The smallest absolute Gasteiger partial charge is 0.319 e. The molecule has 0 aliphatic heterocycles. The van der Waals surface area contributed by atoms with Gasteiger partial charge in [-0.1, -0.05) is 0 Å². The molecule has 0 radical (unpaired) electrons. The highest BCUT2D eigenvalue weighted by atomic mass is 19.1. The van der Waals surface area contributed by atoms with Crippen molar-refractivity contribution in [3.05, 3.63) is 24.0 Å². The zero-order chi connectivity index (χ0) is 13.5. The molecule has 0 spiro atoms. The minimum absolute atomic E-state index is 0.111. The fraction of sp³-hybridized carbons (Fsp3) is 0.364. The molecular weight excluding hydrogens is 243 g/mol. The summed E-state index contributed by atoms with van der Waals surface area (Å²) in [6.45, 7) is -0.566. The number of anilines is 1. The van der Waals surface area contributed by atoms with E-state index < -0.39 is 24.6 Å². The molecule has 4 N–H and O–H groups in total. The maximum absolute atomic E-state index is 13.0. The summed E-state index contributed by atoms with van der Waals surface area (Å²) in [4.78, 5) is 11.4. The first kappa shape index (κ1) is 14.2. The molecule has 0 fully saturated rings. The van der Waals surface area contributed by atoms with E-state index in [1.807, 2.05) is 0 Å². The first-order valence-electron chi connectivity index (χ1n) is 5.24. The summed E-state index contributed by atoms with van der Waals surface area (Å²) in [5, 5.41) is 22.3. The van der Waals surface area contributed by atoms with E-state index in [2.05, 4.69) is 10.6 Å². The minimum Gasteiger partial charge on any atom is -0.495 e. The number of amides is 2. The molecule has 100 valence electrons. The number of urea groups is 1. The maximum Gasteiger partial charge on any atom is 0.319 e. The lowest BCUT2D eigenvalue weighted by molar-refractivity contribution is 0.0965. The standard InChI is InChI=1S/C11H15FN2O4/c1-18-10-3-2-7(12)4-9(10)14-11(17)13-5-8(16)6-15/h2-4,8,15-16H,5-6H2,1H3,(H2,13,14,17)/t8-/m0/s1. The van der Waals surface area contributed by atoms with Crippen LogP contribution in [0.2, 0.25) is 0 Å². The number of aliphatic hydroxyl groups is 2. The van der Waals surface area contributed by atoms with Crippen LogP contribution < -0.4 is 15.4 Å². The molecule has 0 aliphatic rings. The van der Waals surface area contributed by atoms with Gasteiger partial charge in [0.2, 0.25) is 0 Å². The van der Waals surface area contributed by atoms with Gasteiger partial charge in [-0.3, -0.25) is 0 Å². The van der Waals surface area contributed by atoms with E-state index in [1.54, 1.807) is 0 Å². The van der Waals surface area contributed by atoms with Crippen molar-refractivity contribution in [3.8, 4) is 5.75 Å². The van der Waals surface area contributed by atoms with Crippen molar-refractivity contribution in [2.24, 2.45) is 0 Å². The molecule has 0 heterocycles. The van der Waals surface area contributed by atoms with Crippen LogP contribution in [0.1, 0.15) is 0 Å². The fourth-order valence-corrected chi connectivity index (χ4v) is 1.22. The summed E-state index contributed by atoms with van der Waals surface area (Å²) in [6.07, 6.45) is -1.04. The Morgan fingerprint density at radius 3 is 2.89 bits per heavy atom. The van der Waals surface area contributed by atoms with Crippen LogP contribution in [0, 0.1) is 5.82 Å². The lowest BCUT2D eigenvalue weighted by atomic mass is 10.3. The predicted molar refractivity (Wildman–Crippen MR) is 63.1 cm³/mol. The summed E-state index contributed by atoms with van der Waals surface area (Å²) in [5.41, 5.74) is 0.175. The van der Waals surface area contributed by atoms with Gasteiger partial charge >= 0.3 is 6.03 Å². The first-order valence-corrected chi connectivity index (χ1v) is 5.24. The molecule has 1 aromatic rings. The van der Waals surface area contributed by atoms with Crippen LogP contribution in [-0.4, -0.2) is 42.6 Å². The van der Waals surface area contributed by atoms with Crippen LogP contribution in [0.5, 0.6) is 5.75 Å². The number of nitrogens with one attached hydrogen (secondary N) is 2. The number of methoxy groups -OCH3 is 1. The zero-order valence-electron chi connectivity index (χ0n) is 9.81. The van der Waals surface area contributed by atoms with Crippen LogP contribution >= 0.6 is 0 Å². The topological polar surface area (TPSA) is 90.8 Å². The van der Waals surface area contributed by atoms with Crippen molar-refractivity contribution in [1.82, 2.24) is 5.32 Å². The monoisotopic (exact) mass is 258 g/mol. The van der Waals surface area contributed by atoms with Gasteiger partial charge in [-0.25, -0.2) is 9.18 Å². The Morgan fingerprint density at radius 2 is 2.28 bits per heavy atom. The molecular formula is C11H15FN2O4. The van der Waals surface area contributed by atoms with E-state index in [4.69, 9.17) is 14.9 Å². The molecule has 6 nitrogen and oxygen atoms in total. The lowest BCUT2D eigenvalue weighted by Crippen LogP contribution is -2.36. The number of halogens is 1. The van der Waals surface area contributed by atoms with Crippen molar-refractivity contribution in [2.45, 2.75) is 6.10 Å². The van der Waals surface area contributed by atoms with E-state index >= 15 is 0 Å². The molecule has 7 heteroatoms. The molecule has 0 saturated heterocycles. The third-order valence-electron chi connectivity index (χ3n) is 2.12. The number of ether oxygens (including phenoxy) is 1. The van der Waals surface area contributed by atoms with Gasteiger partial charge in [0, 0.05) is 12.6 Å². The van der Waals surface area contributed by atoms with Crippen LogP contribution in [-0.2, 0) is 0 Å². The Kier molecular flexibility index (Phi) is 5.34. The second kappa shape index (κ2) is 6.77. The number of benzene rings is 1. The van der Waals surface area contributed by atoms with E-state index in [0.717, 1.165) is 6.07 Å². The molecule has 1 aromatic carbocycles. The highest BCUT2D eigenvalue weighted by Gasteiger charge is 2.09. The van der Waals surface area contributed by atoms with Crippen molar-refractivity contribution >= 4 is 11.7 Å². The molecule has 0 saturated carbocycles. The average molecular weight is 258 g/mol. The highest BCUT2D eigenvalue weighted by Crippen LogP contribution is 2.24. The van der Waals surface area contributed by atoms with Gasteiger partial charge < -0.3 is 25.6 Å². The Balaban J connectivity index is 2.61. The summed E-state index contributed by atoms with van der Waals surface area (Å²) >= 11 is 0. The van der Waals surface area contributed by atoms with Crippen LogP contribution in [0.25, 0.3) is 0 Å². The number of rotatable bonds is 5. The van der Waals surface area contributed by atoms with E-state index in [0.29, 0.717) is 5.75 Å². The second-order valence-corrected chi connectivity index (χ2v) is 3.52. The van der Waals surface area contributed by atoms with Gasteiger partial charge in [-0.2, -0.15) is 0 Å². The molecule has 0 bridgehead atoms. The number of hydrogen-bond donors (Lipinski definition) is 4. The fourth-order valence-electron chi connectivity index (χ4n) is 1.22. The summed E-state index contributed by atoms with van der Waals surface area (Å²) in [7, 11) is 1.39. The molecule has 18 heavy (non-hydrogen) atoms. The second-order valence-electron chi connectivity index (χ2n) is 3.52. The van der Waals surface area contributed by atoms with Gasteiger partial charge in [-0.15, -0.1) is 0 Å². The quantitative estimate of drug-likeness (QED) is 0.611. The zero-order valence-corrected chi connectivity index (χ0v) is 9.81. The molecule has 1 atom stereocenters. The third-order valence-corrected chi connectivity index (χ3v) is 2.12. The largest absolute Gasteiger partial charge is 0.495 e. The number of carbonyl (C=O) groups excluding carboxylic acids is 1. The molecule has 2 amide bonds. The molecule has 1 rings (SSSR count). The third kappa shape index (κ3) is 4.19. The lowest BCUT2D eigenvalue weighted by Gasteiger charge is -2.12. The summed E-state index contributed by atoms with van der Waals surface area (Å²) in [6, 6.07) is 3.07. The Bertz CT molecular complexity index is 414. The minimum atomic E-state index is -1.04. The van der Waals surface area contributed by atoms with E-state index in [1.165, 1.54) is 19.2 Å². The van der Waals surface area contributed by atoms with E-state index in [-0.39, 0.29) is 12.2 Å². The molecule has 0 aromatic heterocycles. The van der Waals surface area contributed by atoms with E-state index in [9.17, 15) is 9.18 Å². The normalized spacial score (nSPS) is 11.8. The Morgan fingerprint density at radius 1 is 1.56 bits per heavy atom. The maximum atomic E-state index is 13.0.